The predicted molar refractivity (Wildman–Crippen MR) is 225 cm³/mol. The molecule has 1 aromatic heterocycles. The highest BCUT2D eigenvalue weighted by Gasteiger charge is 2.16. The molecule has 1 heterocycles. The van der Waals surface area contributed by atoms with Crippen molar-refractivity contribution >= 4 is 32.3 Å². The van der Waals surface area contributed by atoms with E-state index in [1.807, 2.05) is 0 Å². The Morgan fingerprint density at radius 3 is 1.28 bits per heavy atom. The first kappa shape index (κ1) is 31.5. The van der Waals surface area contributed by atoms with Gasteiger partial charge in [-0.25, -0.2) is 15.0 Å². The lowest BCUT2D eigenvalue weighted by Crippen LogP contribution is -2.01. The van der Waals surface area contributed by atoms with Gasteiger partial charge >= 0.3 is 0 Å². The summed E-state index contributed by atoms with van der Waals surface area (Å²) in [7, 11) is 0. The Balaban J connectivity index is 1.19. The van der Waals surface area contributed by atoms with Gasteiger partial charge in [0.05, 0.1) is 0 Å². The van der Waals surface area contributed by atoms with Crippen molar-refractivity contribution in [1.29, 1.82) is 0 Å². The molecule has 252 valence electrons. The van der Waals surface area contributed by atoms with Gasteiger partial charge in [-0.3, -0.25) is 0 Å². The molecule has 0 fully saturated rings. The Morgan fingerprint density at radius 2 is 0.648 bits per heavy atom. The number of hydrogen-bond donors (Lipinski definition) is 0. The van der Waals surface area contributed by atoms with Gasteiger partial charge < -0.3 is 0 Å². The number of aromatic nitrogens is 3. The van der Waals surface area contributed by atoms with Crippen molar-refractivity contribution in [3.8, 4) is 67.5 Å². The van der Waals surface area contributed by atoms with Gasteiger partial charge in [0.1, 0.15) is 0 Å². The Bertz CT molecular complexity index is 2880. The topological polar surface area (TPSA) is 38.7 Å². The van der Waals surface area contributed by atoms with E-state index < -0.39 is 0 Å². The summed E-state index contributed by atoms with van der Waals surface area (Å²) in [6.45, 7) is 0. The summed E-state index contributed by atoms with van der Waals surface area (Å²) >= 11 is 0. The minimum Gasteiger partial charge on any atom is -0.208 e. The third-order valence-corrected chi connectivity index (χ3v) is 10.3. The Labute approximate surface area is 313 Å². The van der Waals surface area contributed by atoms with E-state index in [4.69, 9.17) is 15.0 Å². The van der Waals surface area contributed by atoms with Crippen LogP contribution in [0.25, 0.3) is 99.9 Å². The molecule has 0 saturated carbocycles. The first-order valence-corrected chi connectivity index (χ1v) is 18.3. The van der Waals surface area contributed by atoms with Crippen LogP contribution in [-0.2, 0) is 0 Å². The van der Waals surface area contributed by atoms with E-state index in [-0.39, 0.29) is 0 Å². The molecule has 0 aliphatic carbocycles. The maximum absolute atomic E-state index is 5.23. The van der Waals surface area contributed by atoms with Crippen LogP contribution in [-0.4, -0.2) is 15.0 Å². The molecule has 0 aliphatic rings. The smallest absolute Gasteiger partial charge is 0.164 e. The van der Waals surface area contributed by atoms with Gasteiger partial charge in [-0.2, -0.15) is 0 Å². The van der Waals surface area contributed by atoms with Crippen LogP contribution in [0.2, 0.25) is 0 Å². The second-order valence-electron chi connectivity index (χ2n) is 13.7. The molecule has 0 bridgehead atoms. The van der Waals surface area contributed by atoms with E-state index >= 15 is 0 Å². The van der Waals surface area contributed by atoms with Gasteiger partial charge in [0.25, 0.3) is 0 Å². The molecule has 0 radical (unpaired) electrons. The first-order valence-electron chi connectivity index (χ1n) is 18.3. The molecule has 10 rings (SSSR count). The second-order valence-corrected chi connectivity index (χ2v) is 13.7. The highest BCUT2D eigenvalue weighted by Crippen LogP contribution is 2.37. The van der Waals surface area contributed by atoms with Crippen LogP contribution in [0.1, 0.15) is 0 Å². The Kier molecular flexibility index (Phi) is 7.81. The van der Waals surface area contributed by atoms with E-state index in [9.17, 15) is 0 Å². The molecule has 0 spiro atoms. The van der Waals surface area contributed by atoms with Crippen LogP contribution in [0.5, 0.6) is 0 Å². The SMILES string of the molecule is c1ccc(-c2ccc(-c3cc(-c4nc(-c5ccc6ccccc6c5)nc(-c5ccc6ccccc6c5)n4)cc(-c4cccc5ccccc45)c3)cc2)cc1. The predicted octanol–water partition coefficient (Wildman–Crippen LogP) is 13.3. The largest absolute Gasteiger partial charge is 0.208 e. The molecule has 9 aromatic carbocycles. The molecule has 3 nitrogen and oxygen atoms in total. The maximum Gasteiger partial charge on any atom is 0.164 e. The Hall–Kier alpha value is -7.23. The fourth-order valence-corrected chi connectivity index (χ4v) is 7.46. The fourth-order valence-electron chi connectivity index (χ4n) is 7.46. The monoisotopic (exact) mass is 687 g/mol. The summed E-state index contributed by atoms with van der Waals surface area (Å²) in [5.41, 5.74) is 9.68. The fraction of sp³-hybridized carbons (Fsp3) is 0. The van der Waals surface area contributed by atoms with Gasteiger partial charge in [0.15, 0.2) is 17.5 Å². The van der Waals surface area contributed by atoms with Crippen LogP contribution < -0.4 is 0 Å². The quantitative estimate of drug-likeness (QED) is 0.175. The van der Waals surface area contributed by atoms with Gasteiger partial charge in [-0.05, 0) is 96.0 Å². The van der Waals surface area contributed by atoms with Crippen molar-refractivity contribution in [3.63, 3.8) is 0 Å². The molecule has 3 heteroatoms. The number of rotatable bonds is 6. The first-order chi connectivity index (χ1) is 26.7. The van der Waals surface area contributed by atoms with Crippen molar-refractivity contribution in [2.24, 2.45) is 0 Å². The van der Waals surface area contributed by atoms with Gasteiger partial charge in [0, 0.05) is 16.7 Å². The van der Waals surface area contributed by atoms with E-state index in [1.54, 1.807) is 0 Å². The standard InChI is InChI=1S/C51H33N3/c1-2-11-34(12-3-1)37-21-23-38(24-22-37)44-31-45(48-20-10-18-39-15-8-9-19-47(39)48)33-46(32-44)51-53-49(42-27-25-35-13-4-6-16-40(35)29-42)52-50(54-51)43-28-26-36-14-5-7-17-41(36)30-43/h1-33H. The molecule has 54 heavy (non-hydrogen) atoms. The lowest BCUT2D eigenvalue weighted by atomic mass is 9.92. The molecule has 0 atom stereocenters. The summed E-state index contributed by atoms with van der Waals surface area (Å²) in [4.78, 5) is 15.6. The van der Waals surface area contributed by atoms with E-state index in [1.165, 1.54) is 32.7 Å². The summed E-state index contributed by atoms with van der Waals surface area (Å²) < 4.78 is 0. The molecule has 0 saturated heterocycles. The van der Waals surface area contributed by atoms with E-state index in [2.05, 4.69) is 200 Å². The molecule has 0 unspecified atom stereocenters. The number of nitrogens with zero attached hydrogens (tertiary/aromatic N) is 3. The second kappa shape index (κ2) is 13.4. The zero-order valence-electron chi connectivity index (χ0n) is 29.4. The summed E-state index contributed by atoms with van der Waals surface area (Å²) in [6, 6.07) is 70.8. The van der Waals surface area contributed by atoms with Crippen LogP contribution in [0.3, 0.4) is 0 Å². The molecule has 0 aliphatic heterocycles. The molecular weight excluding hydrogens is 655 g/mol. The van der Waals surface area contributed by atoms with Crippen LogP contribution in [0.15, 0.2) is 200 Å². The van der Waals surface area contributed by atoms with E-state index in [0.29, 0.717) is 17.5 Å². The Morgan fingerprint density at radius 1 is 0.222 bits per heavy atom. The summed E-state index contributed by atoms with van der Waals surface area (Å²) in [6.07, 6.45) is 0. The van der Waals surface area contributed by atoms with Gasteiger partial charge in [-0.15, -0.1) is 0 Å². The van der Waals surface area contributed by atoms with Crippen molar-refractivity contribution < 1.29 is 0 Å². The highest BCUT2D eigenvalue weighted by molar-refractivity contribution is 5.98. The summed E-state index contributed by atoms with van der Waals surface area (Å²) in [5, 5.41) is 7.04. The summed E-state index contributed by atoms with van der Waals surface area (Å²) in [5.74, 6) is 1.90. The minimum absolute atomic E-state index is 0.626. The third-order valence-electron chi connectivity index (χ3n) is 10.3. The number of fused-ring (bicyclic) bond motifs is 3. The lowest BCUT2D eigenvalue weighted by molar-refractivity contribution is 1.08. The van der Waals surface area contributed by atoms with Crippen molar-refractivity contribution in [2.45, 2.75) is 0 Å². The lowest BCUT2D eigenvalue weighted by Gasteiger charge is -2.14. The minimum atomic E-state index is 0.626. The highest BCUT2D eigenvalue weighted by atomic mass is 15.0. The van der Waals surface area contributed by atoms with E-state index in [0.717, 1.165) is 49.7 Å². The average molecular weight is 688 g/mol. The van der Waals surface area contributed by atoms with Gasteiger partial charge in [0.2, 0.25) is 0 Å². The molecule has 0 amide bonds. The van der Waals surface area contributed by atoms with Crippen LogP contribution in [0, 0.1) is 0 Å². The maximum atomic E-state index is 5.23. The van der Waals surface area contributed by atoms with Crippen molar-refractivity contribution in [3.05, 3.63) is 200 Å². The third kappa shape index (κ3) is 5.98. The zero-order chi connectivity index (χ0) is 35.8. The van der Waals surface area contributed by atoms with Crippen molar-refractivity contribution in [2.75, 3.05) is 0 Å². The van der Waals surface area contributed by atoms with Crippen LogP contribution in [0.4, 0.5) is 0 Å². The van der Waals surface area contributed by atoms with Gasteiger partial charge in [-0.1, -0.05) is 170 Å². The zero-order valence-corrected chi connectivity index (χ0v) is 29.4. The normalized spacial score (nSPS) is 11.3. The van der Waals surface area contributed by atoms with Crippen molar-refractivity contribution in [1.82, 2.24) is 15.0 Å². The number of benzene rings is 9. The van der Waals surface area contributed by atoms with Crippen LogP contribution >= 0.6 is 0 Å². The molecule has 0 N–H and O–H groups in total. The molecular formula is C51H33N3. The average Bonchev–Trinajstić information content (AvgIpc) is 3.26. The molecule has 10 aromatic rings. The number of hydrogen-bond acceptors (Lipinski definition) is 3.